The molecule has 0 bridgehead atoms. The van der Waals surface area contributed by atoms with Gasteiger partial charge in [0.1, 0.15) is 6.54 Å². The second kappa shape index (κ2) is 8.10. The first-order chi connectivity index (χ1) is 13.6. The molecule has 1 aliphatic heterocycles. The zero-order valence-corrected chi connectivity index (χ0v) is 16.8. The summed E-state index contributed by atoms with van der Waals surface area (Å²) < 4.78 is 2.28. The molecule has 3 aromatic rings. The molecule has 1 N–H and O–H groups in total. The van der Waals surface area contributed by atoms with Crippen LogP contribution in [0.2, 0.25) is 0 Å². The van der Waals surface area contributed by atoms with E-state index in [1.54, 1.807) is 4.57 Å². The fraction of sp³-hybridized carbons (Fsp3) is 0.318. The van der Waals surface area contributed by atoms with Crippen LogP contribution in [0, 0.1) is 11.7 Å². The second-order valence-electron chi connectivity index (χ2n) is 7.38. The van der Waals surface area contributed by atoms with E-state index in [1.165, 1.54) is 11.1 Å². The first-order valence-electron chi connectivity index (χ1n) is 9.67. The van der Waals surface area contributed by atoms with E-state index in [1.807, 2.05) is 42.2 Å². The van der Waals surface area contributed by atoms with E-state index in [2.05, 4.69) is 34.5 Å². The monoisotopic (exact) mass is 392 g/mol. The van der Waals surface area contributed by atoms with E-state index in [9.17, 15) is 4.79 Å². The van der Waals surface area contributed by atoms with Crippen LogP contribution in [0.25, 0.3) is 11.4 Å². The molecule has 144 valence electrons. The van der Waals surface area contributed by atoms with Gasteiger partial charge in [-0.3, -0.25) is 14.5 Å². The highest BCUT2D eigenvalue weighted by Crippen LogP contribution is 2.23. The Morgan fingerprint density at radius 2 is 1.93 bits per heavy atom. The number of amides is 1. The molecule has 1 atom stereocenters. The average Bonchev–Trinajstić information content (AvgIpc) is 3.31. The highest BCUT2D eigenvalue weighted by molar-refractivity contribution is 7.71. The Balaban J connectivity index is 1.53. The maximum atomic E-state index is 13.1. The summed E-state index contributed by atoms with van der Waals surface area (Å²) in [6.45, 7) is 3.07. The number of hydrogen-bond donors (Lipinski definition) is 1. The van der Waals surface area contributed by atoms with Crippen LogP contribution in [0.4, 0.5) is 0 Å². The van der Waals surface area contributed by atoms with Crippen LogP contribution in [0.1, 0.15) is 24.0 Å². The number of nitrogens with zero attached hydrogens (tertiary/aromatic N) is 3. The van der Waals surface area contributed by atoms with E-state index < -0.39 is 0 Å². The van der Waals surface area contributed by atoms with Crippen LogP contribution in [0.5, 0.6) is 0 Å². The Kier molecular flexibility index (Phi) is 5.39. The topological polar surface area (TPSA) is 53.9 Å². The molecular formula is C22H24N4OS. The van der Waals surface area contributed by atoms with Gasteiger partial charge in [-0.1, -0.05) is 60.2 Å². The fourth-order valence-corrected chi connectivity index (χ4v) is 4.07. The number of benzene rings is 2. The molecule has 2 aromatic carbocycles. The highest BCUT2D eigenvalue weighted by Gasteiger charge is 2.29. The van der Waals surface area contributed by atoms with Crippen LogP contribution < -0.4 is 0 Å². The zero-order valence-electron chi connectivity index (χ0n) is 16.0. The lowest BCUT2D eigenvalue weighted by atomic mass is 10.0. The van der Waals surface area contributed by atoms with Crippen molar-refractivity contribution in [3.05, 3.63) is 70.5 Å². The Hall–Kier alpha value is -2.73. The molecule has 1 aromatic heterocycles. The Morgan fingerprint density at radius 1 is 1.18 bits per heavy atom. The summed E-state index contributed by atoms with van der Waals surface area (Å²) in [6, 6.07) is 18.7. The van der Waals surface area contributed by atoms with Gasteiger partial charge in [0.05, 0.1) is 0 Å². The van der Waals surface area contributed by atoms with Gasteiger partial charge in [-0.05, 0) is 44.0 Å². The minimum atomic E-state index is 0.101. The number of aryl methyl sites for hydroxylation is 1. The van der Waals surface area contributed by atoms with Crippen LogP contribution in [-0.2, 0) is 17.8 Å². The van der Waals surface area contributed by atoms with Gasteiger partial charge in [-0.15, -0.1) is 0 Å². The van der Waals surface area contributed by atoms with E-state index in [0.717, 1.165) is 31.4 Å². The van der Waals surface area contributed by atoms with Gasteiger partial charge < -0.3 is 4.90 Å². The molecule has 1 saturated heterocycles. The summed E-state index contributed by atoms with van der Waals surface area (Å²) in [6.07, 6.45) is 2.99. The van der Waals surface area contributed by atoms with Gasteiger partial charge in [0.15, 0.2) is 10.6 Å². The van der Waals surface area contributed by atoms with E-state index in [4.69, 9.17) is 12.2 Å². The van der Waals surface area contributed by atoms with Crippen molar-refractivity contribution in [2.24, 2.45) is 0 Å². The summed E-state index contributed by atoms with van der Waals surface area (Å²) in [5.74, 6) is 0.807. The van der Waals surface area contributed by atoms with Crippen molar-refractivity contribution in [1.82, 2.24) is 19.7 Å². The molecule has 1 amide bonds. The van der Waals surface area contributed by atoms with Gasteiger partial charge in [-0.25, -0.2) is 0 Å². The van der Waals surface area contributed by atoms with E-state index in [-0.39, 0.29) is 18.5 Å². The average molecular weight is 393 g/mol. The van der Waals surface area contributed by atoms with Crippen LogP contribution in [-0.4, -0.2) is 38.2 Å². The normalized spacial score (nSPS) is 16.5. The summed E-state index contributed by atoms with van der Waals surface area (Å²) in [5, 5.41) is 7.20. The maximum absolute atomic E-state index is 13.1. The van der Waals surface area contributed by atoms with Crippen molar-refractivity contribution >= 4 is 18.1 Å². The number of hydrogen-bond acceptors (Lipinski definition) is 3. The zero-order chi connectivity index (χ0) is 19.5. The molecule has 28 heavy (non-hydrogen) atoms. The number of aromatic nitrogens is 3. The quantitative estimate of drug-likeness (QED) is 0.664. The number of aromatic amines is 1. The molecule has 2 heterocycles. The van der Waals surface area contributed by atoms with Crippen molar-refractivity contribution in [3.8, 4) is 11.4 Å². The first-order valence-corrected chi connectivity index (χ1v) is 10.1. The molecule has 5 nitrogen and oxygen atoms in total. The predicted molar refractivity (Wildman–Crippen MR) is 112 cm³/mol. The SMILES string of the molecule is Cc1ccc(-c2n[nH]c(=S)n2CC(=O)N2CCCC2Cc2ccccc2)cc1. The smallest absolute Gasteiger partial charge is 0.242 e. The third kappa shape index (κ3) is 3.92. The van der Waals surface area contributed by atoms with Crippen molar-refractivity contribution < 1.29 is 4.79 Å². The van der Waals surface area contributed by atoms with Crippen LogP contribution >= 0.6 is 12.2 Å². The van der Waals surface area contributed by atoms with E-state index in [0.29, 0.717) is 10.6 Å². The Bertz CT molecular complexity index is 1010. The molecule has 1 fully saturated rings. The molecule has 1 aliphatic rings. The number of likely N-dealkylation sites (tertiary alicyclic amines) is 1. The molecule has 0 saturated carbocycles. The summed E-state index contributed by atoms with van der Waals surface area (Å²) in [4.78, 5) is 15.1. The summed E-state index contributed by atoms with van der Waals surface area (Å²) in [5.41, 5.74) is 3.40. The highest BCUT2D eigenvalue weighted by atomic mass is 32.1. The van der Waals surface area contributed by atoms with Crippen LogP contribution in [0.15, 0.2) is 54.6 Å². The lowest BCUT2D eigenvalue weighted by Crippen LogP contribution is -2.39. The maximum Gasteiger partial charge on any atom is 0.242 e. The van der Waals surface area contributed by atoms with Crippen molar-refractivity contribution in [1.29, 1.82) is 0 Å². The lowest BCUT2D eigenvalue weighted by Gasteiger charge is -2.25. The summed E-state index contributed by atoms with van der Waals surface area (Å²) >= 11 is 5.40. The van der Waals surface area contributed by atoms with Gasteiger partial charge in [0.25, 0.3) is 0 Å². The minimum absolute atomic E-state index is 0.101. The lowest BCUT2D eigenvalue weighted by molar-refractivity contribution is -0.132. The van der Waals surface area contributed by atoms with Crippen molar-refractivity contribution in [3.63, 3.8) is 0 Å². The third-order valence-electron chi connectivity index (χ3n) is 5.37. The van der Waals surface area contributed by atoms with E-state index >= 15 is 0 Å². The van der Waals surface area contributed by atoms with Gasteiger partial charge >= 0.3 is 0 Å². The first kappa shape index (κ1) is 18.6. The molecular weight excluding hydrogens is 368 g/mol. The van der Waals surface area contributed by atoms with Crippen molar-refractivity contribution in [2.45, 2.75) is 38.8 Å². The Morgan fingerprint density at radius 3 is 2.68 bits per heavy atom. The molecule has 1 unspecified atom stereocenters. The second-order valence-corrected chi connectivity index (χ2v) is 7.76. The van der Waals surface area contributed by atoms with Gasteiger partial charge in [0, 0.05) is 18.2 Å². The molecule has 6 heteroatoms. The number of rotatable bonds is 5. The summed E-state index contributed by atoms with van der Waals surface area (Å²) in [7, 11) is 0. The molecule has 4 rings (SSSR count). The predicted octanol–water partition coefficient (Wildman–Crippen LogP) is 4.15. The van der Waals surface area contributed by atoms with Gasteiger partial charge in [-0.2, -0.15) is 5.10 Å². The minimum Gasteiger partial charge on any atom is -0.338 e. The largest absolute Gasteiger partial charge is 0.338 e. The molecule has 0 aliphatic carbocycles. The van der Waals surface area contributed by atoms with Crippen LogP contribution in [0.3, 0.4) is 0 Å². The molecule has 0 radical (unpaired) electrons. The standard InChI is InChI=1S/C22H24N4OS/c1-16-9-11-18(12-10-16)21-23-24-22(28)26(21)15-20(27)25-13-5-8-19(25)14-17-6-3-2-4-7-17/h2-4,6-7,9-12,19H,5,8,13-15H2,1H3,(H,24,28). The third-order valence-corrected chi connectivity index (χ3v) is 5.68. The van der Waals surface area contributed by atoms with Crippen molar-refractivity contribution in [2.75, 3.05) is 6.54 Å². The number of H-pyrrole nitrogens is 1. The number of carbonyl (C=O) groups excluding carboxylic acids is 1. The molecule has 0 spiro atoms. The van der Waals surface area contributed by atoms with Gasteiger partial charge in [0.2, 0.25) is 5.91 Å². The fourth-order valence-electron chi connectivity index (χ4n) is 3.88. The Labute approximate surface area is 170 Å². The number of nitrogens with one attached hydrogen (secondary N) is 1. The number of carbonyl (C=O) groups is 1.